The summed E-state index contributed by atoms with van der Waals surface area (Å²) in [6.45, 7) is 2.82. The fourth-order valence-electron chi connectivity index (χ4n) is 2.22. The summed E-state index contributed by atoms with van der Waals surface area (Å²) in [5.41, 5.74) is 0.346. The van der Waals surface area contributed by atoms with E-state index < -0.39 is 0 Å². The molecule has 1 unspecified atom stereocenters. The Balaban J connectivity index is 0.000000845. The highest BCUT2D eigenvalue weighted by Gasteiger charge is 2.39. The molecule has 0 amide bonds. The largest absolute Gasteiger partial charge is 0.381 e. The summed E-state index contributed by atoms with van der Waals surface area (Å²) in [5.74, 6) is 0. The highest BCUT2D eigenvalue weighted by atomic mass is 35.5. The Morgan fingerprint density at radius 3 is 2.62 bits per heavy atom. The molecule has 3 nitrogen and oxygen atoms in total. The summed E-state index contributed by atoms with van der Waals surface area (Å²) in [5, 5.41) is 3.57. The van der Waals surface area contributed by atoms with Gasteiger partial charge in [-0.05, 0) is 19.3 Å². The van der Waals surface area contributed by atoms with E-state index in [4.69, 9.17) is 9.47 Å². The first kappa shape index (κ1) is 11.2. The van der Waals surface area contributed by atoms with Crippen LogP contribution in [0.25, 0.3) is 0 Å². The Hall–Kier alpha value is 0.170. The van der Waals surface area contributed by atoms with Crippen LogP contribution in [-0.4, -0.2) is 38.5 Å². The average Bonchev–Trinajstić information content (AvgIpc) is 2.50. The van der Waals surface area contributed by atoms with E-state index in [1.165, 1.54) is 0 Å². The van der Waals surface area contributed by atoms with Gasteiger partial charge >= 0.3 is 0 Å². The summed E-state index contributed by atoms with van der Waals surface area (Å²) in [6.07, 6.45) is 3.87. The zero-order valence-corrected chi connectivity index (χ0v) is 8.86. The molecule has 0 saturated carbocycles. The van der Waals surface area contributed by atoms with Gasteiger partial charge in [0.25, 0.3) is 0 Å². The zero-order valence-electron chi connectivity index (χ0n) is 8.04. The molecule has 0 aromatic carbocycles. The predicted molar refractivity (Wildman–Crippen MR) is 53.4 cm³/mol. The third-order valence-corrected chi connectivity index (χ3v) is 3.11. The van der Waals surface area contributed by atoms with E-state index in [0.717, 1.165) is 39.0 Å². The Kier molecular flexibility index (Phi) is 3.98. The Morgan fingerprint density at radius 1 is 1.38 bits per heavy atom. The second-order valence-corrected chi connectivity index (χ2v) is 3.84. The van der Waals surface area contributed by atoms with Crippen molar-refractivity contribution >= 4 is 12.4 Å². The van der Waals surface area contributed by atoms with Crippen molar-refractivity contribution in [3.63, 3.8) is 0 Å². The van der Waals surface area contributed by atoms with Crippen LogP contribution >= 0.6 is 12.4 Å². The van der Waals surface area contributed by atoms with E-state index in [0.29, 0.717) is 11.6 Å². The van der Waals surface area contributed by atoms with E-state index in [-0.39, 0.29) is 12.4 Å². The van der Waals surface area contributed by atoms with Crippen molar-refractivity contribution in [2.75, 3.05) is 26.9 Å². The standard InChI is InChI=1S/C9H17NO2.ClH/c1-11-8-6-9(10-7-8)2-4-12-5-3-9;/h8,10H,2-7H2,1H3;1H. The van der Waals surface area contributed by atoms with Crippen LogP contribution in [-0.2, 0) is 9.47 Å². The minimum absolute atomic E-state index is 0. The highest BCUT2D eigenvalue weighted by Crippen LogP contribution is 2.30. The lowest BCUT2D eigenvalue weighted by molar-refractivity contribution is 0.0371. The summed E-state index contributed by atoms with van der Waals surface area (Å²) < 4.78 is 10.7. The van der Waals surface area contributed by atoms with E-state index in [1.54, 1.807) is 7.11 Å². The first-order valence-corrected chi connectivity index (χ1v) is 4.70. The molecule has 13 heavy (non-hydrogen) atoms. The van der Waals surface area contributed by atoms with Gasteiger partial charge in [-0.15, -0.1) is 12.4 Å². The number of nitrogens with one attached hydrogen (secondary N) is 1. The van der Waals surface area contributed by atoms with Gasteiger partial charge in [-0.3, -0.25) is 0 Å². The third-order valence-electron chi connectivity index (χ3n) is 3.11. The minimum Gasteiger partial charge on any atom is -0.381 e. The molecule has 1 spiro atoms. The molecule has 2 saturated heterocycles. The average molecular weight is 208 g/mol. The van der Waals surface area contributed by atoms with Crippen molar-refractivity contribution in [1.82, 2.24) is 5.32 Å². The predicted octanol–water partition coefficient (Wildman–Crippen LogP) is 0.966. The van der Waals surface area contributed by atoms with Crippen molar-refractivity contribution < 1.29 is 9.47 Å². The van der Waals surface area contributed by atoms with Crippen molar-refractivity contribution in [2.24, 2.45) is 0 Å². The van der Waals surface area contributed by atoms with E-state index in [9.17, 15) is 0 Å². The normalized spacial score (nSPS) is 31.6. The van der Waals surface area contributed by atoms with Crippen LogP contribution in [0.4, 0.5) is 0 Å². The molecule has 0 bridgehead atoms. The first-order chi connectivity index (χ1) is 5.85. The lowest BCUT2D eigenvalue weighted by Crippen LogP contribution is -2.44. The Morgan fingerprint density at radius 2 is 2.08 bits per heavy atom. The molecular formula is C9H18ClNO2. The van der Waals surface area contributed by atoms with Crippen molar-refractivity contribution in [2.45, 2.75) is 30.9 Å². The molecule has 1 N–H and O–H groups in total. The SMILES string of the molecule is COC1CNC2(CCOCC2)C1.Cl. The molecule has 2 heterocycles. The summed E-state index contributed by atoms with van der Waals surface area (Å²) in [4.78, 5) is 0. The maximum absolute atomic E-state index is 5.34. The lowest BCUT2D eigenvalue weighted by atomic mass is 9.88. The van der Waals surface area contributed by atoms with E-state index >= 15 is 0 Å². The number of hydrogen-bond donors (Lipinski definition) is 1. The molecule has 1 atom stereocenters. The maximum atomic E-state index is 5.34. The molecule has 0 aliphatic carbocycles. The third kappa shape index (κ3) is 2.34. The number of ether oxygens (including phenoxy) is 2. The summed E-state index contributed by atoms with van der Waals surface area (Å²) in [6, 6.07) is 0. The molecule has 0 aromatic rings. The minimum atomic E-state index is 0. The van der Waals surface area contributed by atoms with Crippen molar-refractivity contribution in [1.29, 1.82) is 0 Å². The topological polar surface area (TPSA) is 30.5 Å². The van der Waals surface area contributed by atoms with Gasteiger partial charge in [0.1, 0.15) is 0 Å². The molecule has 0 aromatic heterocycles. The summed E-state index contributed by atoms with van der Waals surface area (Å²) >= 11 is 0. The second-order valence-electron chi connectivity index (χ2n) is 3.84. The van der Waals surface area contributed by atoms with Crippen LogP contribution in [0, 0.1) is 0 Å². The van der Waals surface area contributed by atoms with Crippen LogP contribution < -0.4 is 5.32 Å². The van der Waals surface area contributed by atoms with Crippen LogP contribution in [0.15, 0.2) is 0 Å². The quantitative estimate of drug-likeness (QED) is 0.695. The van der Waals surface area contributed by atoms with Crippen molar-refractivity contribution in [3.05, 3.63) is 0 Å². The number of methoxy groups -OCH3 is 1. The molecule has 2 aliphatic rings. The molecule has 78 valence electrons. The fourth-order valence-corrected chi connectivity index (χ4v) is 2.22. The highest BCUT2D eigenvalue weighted by molar-refractivity contribution is 5.85. The Bertz CT molecular complexity index is 160. The molecular weight excluding hydrogens is 190 g/mol. The van der Waals surface area contributed by atoms with Crippen LogP contribution in [0.1, 0.15) is 19.3 Å². The number of hydrogen-bond acceptors (Lipinski definition) is 3. The van der Waals surface area contributed by atoms with Crippen LogP contribution in [0.5, 0.6) is 0 Å². The van der Waals surface area contributed by atoms with Gasteiger partial charge in [-0.2, -0.15) is 0 Å². The molecule has 2 aliphatic heterocycles. The molecule has 2 fully saturated rings. The van der Waals surface area contributed by atoms with Crippen LogP contribution in [0.2, 0.25) is 0 Å². The van der Waals surface area contributed by atoms with Gasteiger partial charge in [0, 0.05) is 32.4 Å². The van der Waals surface area contributed by atoms with E-state index in [2.05, 4.69) is 5.32 Å². The maximum Gasteiger partial charge on any atom is 0.0713 e. The van der Waals surface area contributed by atoms with Gasteiger partial charge in [0.15, 0.2) is 0 Å². The van der Waals surface area contributed by atoms with Crippen molar-refractivity contribution in [3.8, 4) is 0 Å². The smallest absolute Gasteiger partial charge is 0.0713 e. The van der Waals surface area contributed by atoms with Gasteiger partial charge in [0.2, 0.25) is 0 Å². The van der Waals surface area contributed by atoms with Gasteiger partial charge in [-0.25, -0.2) is 0 Å². The number of rotatable bonds is 1. The lowest BCUT2D eigenvalue weighted by Gasteiger charge is -2.33. The Labute approximate surface area is 85.6 Å². The van der Waals surface area contributed by atoms with Gasteiger partial charge < -0.3 is 14.8 Å². The van der Waals surface area contributed by atoms with Crippen LogP contribution in [0.3, 0.4) is 0 Å². The summed E-state index contributed by atoms with van der Waals surface area (Å²) in [7, 11) is 1.80. The fraction of sp³-hybridized carbons (Fsp3) is 1.00. The molecule has 4 heteroatoms. The van der Waals surface area contributed by atoms with Gasteiger partial charge in [-0.1, -0.05) is 0 Å². The molecule has 2 rings (SSSR count). The monoisotopic (exact) mass is 207 g/mol. The molecule has 0 radical (unpaired) electrons. The van der Waals surface area contributed by atoms with E-state index in [1.807, 2.05) is 0 Å². The van der Waals surface area contributed by atoms with Gasteiger partial charge in [0.05, 0.1) is 6.10 Å². The zero-order chi connectivity index (χ0) is 8.44. The number of halogens is 1. The first-order valence-electron chi connectivity index (χ1n) is 4.70. The second kappa shape index (κ2) is 4.60.